The molecule has 1 aliphatic rings. The van der Waals surface area contributed by atoms with Crippen molar-refractivity contribution < 1.29 is 14.2 Å². The average molecular weight is 243 g/mol. The summed E-state index contributed by atoms with van der Waals surface area (Å²) in [5.41, 5.74) is 0. The molecule has 0 aliphatic heterocycles. The molecule has 1 fully saturated rings. The SMILES string of the molecule is COc1cc(OC)cc(OC2CC(Cl)C2)c1. The summed E-state index contributed by atoms with van der Waals surface area (Å²) in [6, 6.07) is 5.52. The van der Waals surface area contributed by atoms with Gasteiger partial charge in [0.05, 0.1) is 14.2 Å². The van der Waals surface area contributed by atoms with Crippen molar-refractivity contribution in [2.75, 3.05) is 14.2 Å². The molecule has 0 radical (unpaired) electrons. The van der Waals surface area contributed by atoms with Crippen LogP contribution in [0.3, 0.4) is 0 Å². The van der Waals surface area contributed by atoms with E-state index in [1.165, 1.54) is 0 Å². The van der Waals surface area contributed by atoms with Crippen LogP contribution in [0.2, 0.25) is 0 Å². The smallest absolute Gasteiger partial charge is 0.127 e. The van der Waals surface area contributed by atoms with E-state index in [0.29, 0.717) is 0 Å². The van der Waals surface area contributed by atoms with E-state index >= 15 is 0 Å². The quantitative estimate of drug-likeness (QED) is 0.760. The van der Waals surface area contributed by atoms with Gasteiger partial charge in [-0.25, -0.2) is 0 Å². The van der Waals surface area contributed by atoms with Gasteiger partial charge >= 0.3 is 0 Å². The molecular weight excluding hydrogens is 228 g/mol. The molecule has 88 valence electrons. The Morgan fingerprint density at radius 2 is 1.50 bits per heavy atom. The molecule has 0 spiro atoms. The number of rotatable bonds is 4. The molecule has 2 rings (SSSR count). The molecule has 16 heavy (non-hydrogen) atoms. The van der Waals surface area contributed by atoms with E-state index in [9.17, 15) is 0 Å². The lowest BCUT2D eigenvalue weighted by Gasteiger charge is -2.31. The zero-order chi connectivity index (χ0) is 11.5. The van der Waals surface area contributed by atoms with Gasteiger partial charge in [-0.15, -0.1) is 11.6 Å². The van der Waals surface area contributed by atoms with Gasteiger partial charge in [0.25, 0.3) is 0 Å². The Morgan fingerprint density at radius 1 is 1.00 bits per heavy atom. The number of alkyl halides is 1. The molecule has 0 aromatic heterocycles. The molecule has 0 heterocycles. The molecular formula is C12H15ClO3. The third kappa shape index (κ3) is 2.53. The number of hydrogen-bond donors (Lipinski definition) is 0. The second-order valence-corrected chi connectivity index (χ2v) is 4.47. The summed E-state index contributed by atoms with van der Waals surface area (Å²) >= 11 is 5.90. The van der Waals surface area contributed by atoms with Gasteiger partial charge in [-0.1, -0.05) is 0 Å². The molecule has 3 nitrogen and oxygen atoms in total. The van der Waals surface area contributed by atoms with Crippen molar-refractivity contribution in [1.82, 2.24) is 0 Å². The minimum absolute atomic E-state index is 0.222. The van der Waals surface area contributed by atoms with E-state index in [-0.39, 0.29) is 11.5 Å². The fraction of sp³-hybridized carbons (Fsp3) is 0.500. The summed E-state index contributed by atoms with van der Waals surface area (Å²) in [7, 11) is 3.24. The van der Waals surface area contributed by atoms with Crippen LogP contribution in [-0.2, 0) is 0 Å². The Bertz CT molecular complexity index is 339. The van der Waals surface area contributed by atoms with Crippen LogP contribution in [0, 0.1) is 0 Å². The zero-order valence-electron chi connectivity index (χ0n) is 9.40. The van der Waals surface area contributed by atoms with E-state index in [1.54, 1.807) is 14.2 Å². The zero-order valence-corrected chi connectivity index (χ0v) is 10.2. The Morgan fingerprint density at radius 3 is 1.94 bits per heavy atom. The molecule has 1 aromatic rings. The largest absolute Gasteiger partial charge is 0.496 e. The first-order valence-electron chi connectivity index (χ1n) is 5.25. The minimum atomic E-state index is 0.222. The van der Waals surface area contributed by atoms with Crippen molar-refractivity contribution in [2.24, 2.45) is 0 Å². The fourth-order valence-electron chi connectivity index (χ4n) is 1.64. The van der Waals surface area contributed by atoms with Crippen LogP contribution in [0.4, 0.5) is 0 Å². The molecule has 0 amide bonds. The van der Waals surface area contributed by atoms with Crippen LogP contribution < -0.4 is 14.2 Å². The number of benzene rings is 1. The van der Waals surface area contributed by atoms with E-state index in [2.05, 4.69) is 0 Å². The van der Waals surface area contributed by atoms with E-state index in [4.69, 9.17) is 25.8 Å². The Kier molecular flexibility index (Phi) is 3.44. The van der Waals surface area contributed by atoms with Gasteiger partial charge in [0.15, 0.2) is 0 Å². The number of halogens is 1. The van der Waals surface area contributed by atoms with Crippen molar-refractivity contribution in [3.05, 3.63) is 18.2 Å². The molecule has 1 aromatic carbocycles. The maximum Gasteiger partial charge on any atom is 0.127 e. The fourth-order valence-corrected chi connectivity index (χ4v) is 2.04. The third-order valence-corrected chi connectivity index (χ3v) is 3.02. The highest BCUT2D eigenvalue weighted by molar-refractivity contribution is 6.21. The van der Waals surface area contributed by atoms with Gasteiger partial charge in [-0.05, 0) is 0 Å². The van der Waals surface area contributed by atoms with Gasteiger partial charge in [-0.3, -0.25) is 0 Å². The van der Waals surface area contributed by atoms with Gasteiger partial charge in [0.2, 0.25) is 0 Å². The highest BCUT2D eigenvalue weighted by atomic mass is 35.5. The highest BCUT2D eigenvalue weighted by Gasteiger charge is 2.29. The van der Waals surface area contributed by atoms with Crippen LogP contribution in [0.5, 0.6) is 17.2 Å². The highest BCUT2D eigenvalue weighted by Crippen LogP contribution is 2.33. The van der Waals surface area contributed by atoms with Gasteiger partial charge in [0, 0.05) is 36.4 Å². The third-order valence-electron chi connectivity index (χ3n) is 2.66. The Hall–Kier alpha value is -1.09. The number of hydrogen-bond acceptors (Lipinski definition) is 3. The van der Waals surface area contributed by atoms with Crippen LogP contribution in [0.15, 0.2) is 18.2 Å². The first-order valence-corrected chi connectivity index (χ1v) is 5.68. The van der Waals surface area contributed by atoms with Gasteiger partial charge in [0.1, 0.15) is 23.4 Å². The molecule has 0 bridgehead atoms. The normalized spacial score (nSPS) is 23.4. The van der Waals surface area contributed by atoms with Crippen LogP contribution in [0.1, 0.15) is 12.8 Å². The summed E-state index contributed by atoms with van der Waals surface area (Å²) in [6.45, 7) is 0. The van der Waals surface area contributed by atoms with E-state index < -0.39 is 0 Å². The molecule has 0 N–H and O–H groups in total. The Labute approximate surface area is 100 Å². The average Bonchev–Trinajstić information content (AvgIpc) is 2.26. The molecule has 0 unspecified atom stereocenters. The summed E-state index contributed by atoms with van der Waals surface area (Å²) < 4.78 is 16.1. The lowest BCUT2D eigenvalue weighted by atomic mass is 9.95. The molecule has 1 saturated carbocycles. The molecule has 0 saturated heterocycles. The summed E-state index contributed by atoms with van der Waals surface area (Å²) in [6.07, 6.45) is 2.03. The first-order chi connectivity index (χ1) is 7.71. The topological polar surface area (TPSA) is 27.7 Å². The summed E-state index contributed by atoms with van der Waals surface area (Å²) in [5.74, 6) is 2.23. The molecule has 0 atom stereocenters. The molecule has 1 aliphatic carbocycles. The lowest BCUT2D eigenvalue weighted by Crippen LogP contribution is -2.34. The number of ether oxygens (including phenoxy) is 3. The van der Waals surface area contributed by atoms with Crippen molar-refractivity contribution in [3.63, 3.8) is 0 Å². The predicted molar refractivity (Wildman–Crippen MR) is 62.8 cm³/mol. The van der Waals surface area contributed by atoms with Crippen molar-refractivity contribution in [3.8, 4) is 17.2 Å². The van der Waals surface area contributed by atoms with Gasteiger partial charge in [-0.2, -0.15) is 0 Å². The van der Waals surface area contributed by atoms with Crippen LogP contribution >= 0.6 is 11.6 Å². The van der Waals surface area contributed by atoms with Crippen molar-refractivity contribution in [2.45, 2.75) is 24.3 Å². The maximum atomic E-state index is 5.90. The number of methoxy groups -OCH3 is 2. The molecule has 4 heteroatoms. The monoisotopic (exact) mass is 242 g/mol. The second kappa shape index (κ2) is 4.83. The van der Waals surface area contributed by atoms with Gasteiger partial charge < -0.3 is 14.2 Å². The van der Waals surface area contributed by atoms with E-state index in [1.807, 2.05) is 18.2 Å². The lowest BCUT2D eigenvalue weighted by molar-refractivity contribution is 0.123. The predicted octanol–water partition coefficient (Wildman–Crippen LogP) is 2.85. The van der Waals surface area contributed by atoms with Crippen molar-refractivity contribution in [1.29, 1.82) is 0 Å². The summed E-state index contributed by atoms with van der Waals surface area (Å²) in [5, 5.41) is 0.262. The first kappa shape index (κ1) is 11.4. The summed E-state index contributed by atoms with van der Waals surface area (Å²) in [4.78, 5) is 0. The van der Waals surface area contributed by atoms with Crippen LogP contribution in [-0.4, -0.2) is 25.7 Å². The second-order valence-electron chi connectivity index (χ2n) is 3.86. The maximum absolute atomic E-state index is 5.90. The van der Waals surface area contributed by atoms with Crippen molar-refractivity contribution >= 4 is 11.6 Å². The van der Waals surface area contributed by atoms with E-state index in [0.717, 1.165) is 30.1 Å². The standard InChI is InChI=1S/C12H15ClO3/c1-14-9-5-10(15-2)7-12(6-9)16-11-3-8(13)4-11/h5-8,11H,3-4H2,1-2H3. The Balaban J connectivity index is 2.07. The minimum Gasteiger partial charge on any atom is -0.496 e. The van der Waals surface area contributed by atoms with Crippen LogP contribution in [0.25, 0.3) is 0 Å².